The molecule has 26 heavy (non-hydrogen) atoms. The molecule has 1 atom stereocenters. The highest BCUT2D eigenvalue weighted by Gasteiger charge is 2.19. The summed E-state index contributed by atoms with van der Waals surface area (Å²) in [5.74, 6) is 2.13. The molecule has 0 radical (unpaired) electrons. The van der Waals surface area contributed by atoms with Gasteiger partial charge in [0.15, 0.2) is 5.76 Å². The van der Waals surface area contributed by atoms with Gasteiger partial charge in [0, 0.05) is 19.9 Å². The molecule has 1 unspecified atom stereocenters. The number of aromatic nitrogens is 2. The zero-order valence-corrected chi connectivity index (χ0v) is 15.0. The molecule has 0 N–H and O–H groups in total. The largest absolute Gasteiger partial charge is 0.497 e. The second-order valence-electron chi connectivity index (χ2n) is 5.94. The number of nitrogens with zero attached hydrogens (tertiary/aromatic N) is 3. The standard InChI is InChI=1S/C19H21N3O4/c1-13(14-6-8-15(24-3)9-7-14)22(2)18(23)11-10-17-20-19(21-26-17)16-5-4-12-25-16/h4-9,12-13H,10-11H2,1-3H3. The van der Waals surface area contributed by atoms with Gasteiger partial charge < -0.3 is 18.6 Å². The second kappa shape index (κ2) is 7.86. The number of carbonyl (C=O) groups excluding carboxylic acids is 1. The van der Waals surface area contributed by atoms with Crippen LogP contribution in [0.1, 0.15) is 30.8 Å². The fourth-order valence-electron chi connectivity index (χ4n) is 2.57. The van der Waals surface area contributed by atoms with E-state index in [0.717, 1.165) is 11.3 Å². The molecule has 7 nitrogen and oxygen atoms in total. The number of benzene rings is 1. The first-order chi connectivity index (χ1) is 12.6. The fraction of sp³-hybridized carbons (Fsp3) is 0.316. The number of hydrogen-bond acceptors (Lipinski definition) is 6. The Labute approximate surface area is 151 Å². The summed E-state index contributed by atoms with van der Waals surface area (Å²) in [4.78, 5) is 18.4. The highest BCUT2D eigenvalue weighted by molar-refractivity contribution is 5.76. The zero-order chi connectivity index (χ0) is 18.5. The predicted molar refractivity (Wildman–Crippen MR) is 94.5 cm³/mol. The number of amides is 1. The third-order valence-electron chi connectivity index (χ3n) is 4.33. The first kappa shape index (κ1) is 17.7. The third-order valence-corrected chi connectivity index (χ3v) is 4.33. The summed E-state index contributed by atoms with van der Waals surface area (Å²) < 4.78 is 15.6. The molecular formula is C19H21N3O4. The van der Waals surface area contributed by atoms with E-state index in [9.17, 15) is 4.79 Å². The van der Waals surface area contributed by atoms with Crippen LogP contribution >= 0.6 is 0 Å². The van der Waals surface area contributed by atoms with Gasteiger partial charge in [-0.1, -0.05) is 17.3 Å². The molecule has 3 aromatic rings. The molecular weight excluding hydrogens is 334 g/mol. The number of methoxy groups -OCH3 is 1. The van der Waals surface area contributed by atoms with Gasteiger partial charge in [-0.2, -0.15) is 4.98 Å². The van der Waals surface area contributed by atoms with Crippen molar-refractivity contribution in [3.05, 3.63) is 54.1 Å². The lowest BCUT2D eigenvalue weighted by atomic mass is 10.1. The second-order valence-corrected chi connectivity index (χ2v) is 5.94. The molecule has 1 amide bonds. The topological polar surface area (TPSA) is 81.6 Å². The number of carbonyl (C=O) groups is 1. The molecule has 136 valence electrons. The Balaban J connectivity index is 1.56. The molecule has 0 bridgehead atoms. The van der Waals surface area contributed by atoms with Gasteiger partial charge in [-0.3, -0.25) is 4.79 Å². The van der Waals surface area contributed by atoms with Gasteiger partial charge in [0.05, 0.1) is 19.4 Å². The molecule has 0 aliphatic carbocycles. The number of hydrogen-bond donors (Lipinski definition) is 0. The Morgan fingerprint density at radius 2 is 2.04 bits per heavy atom. The van der Waals surface area contributed by atoms with E-state index in [2.05, 4.69) is 10.1 Å². The quantitative estimate of drug-likeness (QED) is 0.645. The van der Waals surface area contributed by atoms with Crippen molar-refractivity contribution in [2.75, 3.05) is 14.2 Å². The van der Waals surface area contributed by atoms with Crippen LogP contribution in [0.5, 0.6) is 5.75 Å². The molecule has 0 aliphatic heterocycles. The van der Waals surface area contributed by atoms with E-state index in [1.165, 1.54) is 0 Å². The van der Waals surface area contributed by atoms with Crippen molar-refractivity contribution in [3.63, 3.8) is 0 Å². The minimum absolute atomic E-state index is 0.00562. The summed E-state index contributed by atoms with van der Waals surface area (Å²) in [6.45, 7) is 1.99. The summed E-state index contributed by atoms with van der Waals surface area (Å²) in [7, 11) is 3.42. The van der Waals surface area contributed by atoms with Crippen molar-refractivity contribution in [1.29, 1.82) is 0 Å². The molecule has 0 fully saturated rings. The monoisotopic (exact) mass is 355 g/mol. The lowest BCUT2D eigenvalue weighted by molar-refractivity contribution is -0.131. The average Bonchev–Trinajstić information content (AvgIpc) is 3.36. The van der Waals surface area contributed by atoms with Gasteiger partial charge >= 0.3 is 0 Å². The number of ether oxygens (including phenoxy) is 1. The van der Waals surface area contributed by atoms with Gasteiger partial charge in [0.2, 0.25) is 17.6 Å². The predicted octanol–water partition coefficient (Wildman–Crippen LogP) is 3.49. The van der Waals surface area contributed by atoms with E-state index < -0.39 is 0 Å². The Morgan fingerprint density at radius 1 is 1.27 bits per heavy atom. The smallest absolute Gasteiger partial charge is 0.238 e. The Kier molecular flexibility index (Phi) is 5.36. The summed E-state index contributed by atoms with van der Waals surface area (Å²) in [6, 6.07) is 11.2. The van der Waals surface area contributed by atoms with Crippen molar-refractivity contribution < 1.29 is 18.5 Å². The summed E-state index contributed by atoms with van der Waals surface area (Å²) in [5.41, 5.74) is 1.04. The van der Waals surface area contributed by atoms with Crippen molar-refractivity contribution in [1.82, 2.24) is 15.0 Å². The first-order valence-electron chi connectivity index (χ1n) is 8.34. The van der Waals surface area contributed by atoms with E-state index in [4.69, 9.17) is 13.7 Å². The van der Waals surface area contributed by atoms with Crippen LogP contribution < -0.4 is 4.74 Å². The van der Waals surface area contributed by atoms with E-state index in [0.29, 0.717) is 23.9 Å². The van der Waals surface area contributed by atoms with Crippen molar-refractivity contribution in [3.8, 4) is 17.3 Å². The third kappa shape index (κ3) is 3.93. The van der Waals surface area contributed by atoms with Gasteiger partial charge in [0.1, 0.15) is 5.75 Å². The maximum atomic E-state index is 12.5. The van der Waals surface area contributed by atoms with Crippen molar-refractivity contribution >= 4 is 5.91 Å². The Hall–Kier alpha value is -3.09. The molecule has 7 heteroatoms. The van der Waals surface area contributed by atoms with Crippen LogP contribution in [-0.4, -0.2) is 35.1 Å². The lowest BCUT2D eigenvalue weighted by Gasteiger charge is -2.25. The molecule has 0 saturated heterocycles. The molecule has 0 saturated carbocycles. The van der Waals surface area contributed by atoms with E-state index in [1.54, 1.807) is 37.5 Å². The maximum absolute atomic E-state index is 12.5. The number of aryl methyl sites for hydroxylation is 1. The Morgan fingerprint density at radius 3 is 2.69 bits per heavy atom. The number of rotatable bonds is 7. The SMILES string of the molecule is COc1ccc(C(C)N(C)C(=O)CCc2nc(-c3ccco3)no2)cc1. The van der Waals surface area contributed by atoms with Gasteiger partial charge in [-0.05, 0) is 36.8 Å². The summed E-state index contributed by atoms with van der Waals surface area (Å²) in [6.07, 6.45) is 2.22. The molecule has 1 aromatic carbocycles. The molecule has 2 heterocycles. The van der Waals surface area contributed by atoms with Crippen molar-refractivity contribution in [2.24, 2.45) is 0 Å². The maximum Gasteiger partial charge on any atom is 0.238 e. The lowest BCUT2D eigenvalue weighted by Crippen LogP contribution is -2.29. The van der Waals surface area contributed by atoms with Crippen LogP contribution in [-0.2, 0) is 11.2 Å². The van der Waals surface area contributed by atoms with Crippen LogP contribution in [0.2, 0.25) is 0 Å². The zero-order valence-electron chi connectivity index (χ0n) is 15.0. The normalized spacial score (nSPS) is 12.0. The Bertz CT molecular complexity index is 840. The molecule has 0 aliphatic rings. The highest BCUT2D eigenvalue weighted by atomic mass is 16.5. The van der Waals surface area contributed by atoms with Gasteiger partial charge in [0.25, 0.3) is 0 Å². The van der Waals surface area contributed by atoms with Crippen LogP contribution in [0.4, 0.5) is 0 Å². The van der Waals surface area contributed by atoms with Gasteiger partial charge in [-0.15, -0.1) is 0 Å². The van der Waals surface area contributed by atoms with Crippen LogP contribution in [0, 0.1) is 0 Å². The molecule has 0 spiro atoms. The van der Waals surface area contributed by atoms with Crippen LogP contribution in [0.15, 0.2) is 51.6 Å². The number of furan rings is 1. The molecule has 3 rings (SSSR count). The van der Waals surface area contributed by atoms with Gasteiger partial charge in [-0.25, -0.2) is 0 Å². The molecule has 2 aromatic heterocycles. The summed E-state index contributed by atoms with van der Waals surface area (Å²) in [5, 5.41) is 3.86. The minimum atomic E-state index is -0.0465. The first-order valence-corrected chi connectivity index (χ1v) is 8.34. The van der Waals surface area contributed by atoms with Crippen LogP contribution in [0.3, 0.4) is 0 Å². The van der Waals surface area contributed by atoms with E-state index >= 15 is 0 Å². The minimum Gasteiger partial charge on any atom is -0.497 e. The average molecular weight is 355 g/mol. The van der Waals surface area contributed by atoms with E-state index in [1.807, 2.05) is 31.2 Å². The fourth-order valence-corrected chi connectivity index (χ4v) is 2.57. The van der Waals surface area contributed by atoms with Crippen molar-refractivity contribution in [2.45, 2.75) is 25.8 Å². The summed E-state index contributed by atoms with van der Waals surface area (Å²) >= 11 is 0. The van der Waals surface area contributed by atoms with Crippen LogP contribution in [0.25, 0.3) is 11.6 Å². The van der Waals surface area contributed by atoms with E-state index in [-0.39, 0.29) is 18.4 Å². The highest BCUT2D eigenvalue weighted by Crippen LogP contribution is 2.22.